The summed E-state index contributed by atoms with van der Waals surface area (Å²) < 4.78 is 9.66. The first kappa shape index (κ1) is 38.1. The van der Waals surface area contributed by atoms with Crippen LogP contribution >= 0.6 is 0 Å². The van der Waals surface area contributed by atoms with Crippen molar-refractivity contribution in [3.05, 3.63) is 29.8 Å². The number of benzene rings is 1. The third kappa shape index (κ3) is 13.6. The highest BCUT2D eigenvalue weighted by molar-refractivity contribution is 5.95. The Labute approximate surface area is 258 Å². The van der Waals surface area contributed by atoms with E-state index in [4.69, 9.17) is 14.6 Å². The molecule has 0 aliphatic rings. The van der Waals surface area contributed by atoms with Crippen molar-refractivity contribution >= 4 is 41.8 Å². The second kappa shape index (κ2) is 18.7. The second-order valence-electron chi connectivity index (χ2n) is 11.4. The lowest BCUT2D eigenvalue weighted by Gasteiger charge is -2.34. The van der Waals surface area contributed by atoms with Gasteiger partial charge in [-0.1, -0.05) is 39.8 Å². The van der Waals surface area contributed by atoms with Crippen LogP contribution in [0.25, 0.3) is 0 Å². The molecule has 0 aliphatic carbocycles. The SMILES string of the molecule is COC(=O)CN(CC(=O)OC)C(Cc1ccc(NC(=O)C(C)(C)C(C)C)cc1)CN(CCN(CC=O)CC(=O)O)CC(=O)O. The van der Waals surface area contributed by atoms with Crippen LogP contribution in [0.2, 0.25) is 0 Å². The molecular formula is C30H46N4O10. The first-order chi connectivity index (χ1) is 20.6. The number of aliphatic carboxylic acids is 2. The first-order valence-corrected chi connectivity index (χ1v) is 14.2. The number of aldehydes is 1. The molecule has 0 bridgehead atoms. The molecule has 3 N–H and O–H groups in total. The van der Waals surface area contributed by atoms with Crippen molar-refractivity contribution in [3.8, 4) is 0 Å². The van der Waals surface area contributed by atoms with Crippen LogP contribution in [0.4, 0.5) is 5.69 Å². The fraction of sp³-hybridized carbons (Fsp3) is 0.600. The lowest BCUT2D eigenvalue weighted by molar-refractivity contribution is -0.147. The highest BCUT2D eigenvalue weighted by Crippen LogP contribution is 2.28. The Morgan fingerprint density at radius 3 is 1.82 bits per heavy atom. The van der Waals surface area contributed by atoms with Gasteiger partial charge in [-0.2, -0.15) is 0 Å². The van der Waals surface area contributed by atoms with Gasteiger partial charge in [0.1, 0.15) is 6.29 Å². The molecule has 14 heteroatoms. The monoisotopic (exact) mass is 622 g/mol. The van der Waals surface area contributed by atoms with Crippen LogP contribution in [0.1, 0.15) is 33.3 Å². The van der Waals surface area contributed by atoms with E-state index >= 15 is 0 Å². The number of ether oxygens (including phenoxy) is 2. The third-order valence-corrected chi connectivity index (χ3v) is 7.60. The summed E-state index contributed by atoms with van der Waals surface area (Å²) in [5.41, 5.74) is 0.775. The number of methoxy groups -OCH3 is 2. The molecule has 44 heavy (non-hydrogen) atoms. The van der Waals surface area contributed by atoms with Gasteiger partial charge in [-0.05, 0) is 30.0 Å². The van der Waals surface area contributed by atoms with Crippen molar-refractivity contribution in [2.75, 3.05) is 71.9 Å². The van der Waals surface area contributed by atoms with Crippen molar-refractivity contribution in [2.45, 2.75) is 40.2 Å². The number of carbonyl (C=O) groups excluding carboxylic acids is 4. The number of anilines is 1. The molecule has 1 aromatic carbocycles. The molecule has 14 nitrogen and oxygen atoms in total. The van der Waals surface area contributed by atoms with Gasteiger partial charge in [-0.15, -0.1) is 0 Å². The Balaban J connectivity index is 3.35. The maximum Gasteiger partial charge on any atom is 0.319 e. The summed E-state index contributed by atoms with van der Waals surface area (Å²) in [5.74, 6) is -3.52. The van der Waals surface area contributed by atoms with E-state index in [1.54, 1.807) is 29.2 Å². The highest BCUT2D eigenvalue weighted by atomic mass is 16.5. The van der Waals surface area contributed by atoms with Gasteiger partial charge < -0.3 is 29.8 Å². The van der Waals surface area contributed by atoms with E-state index in [0.29, 0.717) is 12.0 Å². The Kier molecular flexibility index (Phi) is 16.2. The van der Waals surface area contributed by atoms with Crippen LogP contribution in [-0.4, -0.2) is 134 Å². The lowest BCUT2D eigenvalue weighted by atomic mass is 9.80. The fourth-order valence-electron chi connectivity index (χ4n) is 4.17. The predicted octanol–water partition coefficient (Wildman–Crippen LogP) is 0.839. The summed E-state index contributed by atoms with van der Waals surface area (Å²) in [7, 11) is 2.42. The van der Waals surface area contributed by atoms with Crippen LogP contribution in [-0.2, 0) is 44.7 Å². The lowest BCUT2D eigenvalue weighted by Crippen LogP contribution is -2.51. The number of carboxylic acids is 2. The fourth-order valence-corrected chi connectivity index (χ4v) is 4.17. The van der Waals surface area contributed by atoms with Crippen molar-refractivity contribution in [2.24, 2.45) is 11.3 Å². The number of nitrogens with one attached hydrogen (secondary N) is 1. The van der Waals surface area contributed by atoms with Crippen molar-refractivity contribution in [1.29, 1.82) is 0 Å². The summed E-state index contributed by atoms with van der Waals surface area (Å²) in [6, 6.07) is 6.46. The number of rotatable bonds is 21. The Morgan fingerprint density at radius 1 is 0.864 bits per heavy atom. The number of nitrogens with zero attached hydrogens (tertiary/aromatic N) is 3. The van der Waals surface area contributed by atoms with Crippen LogP contribution in [0.15, 0.2) is 24.3 Å². The zero-order valence-corrected chi connectivity index (χ0v) is 26.4. The van der Waals surface area contributed by atoms with E-state index in [2.05, 4.69) is 5.32 Å². The minimum Gasteiger partial charge on any atom is -0.480 e. The topological polar surface area (TPSA) is 183 Å². The largest absolute Gasteiger partial charge is 0.480 e. The molecule has 1 unspecified atom stereocenters. The van der Waals surface area contributed by atoms with E-state index in [-0.39, 0.29) is 57.5 Å². The van der Waals surface area contributed by atoms with E-state index < -0.39 is 48.4 Å². The standard InChI is InChI=1S/C30H46N4O10/c1-21(2)30(3,4)29(42)31-23-9-7-22(8-10-23)15-24(34(19-27(40)43-5)20-28(41)44-6)16-33(18-26(38)39)12-11-32(13-14-35)17-25(36)37/h7-10,14,21,24H,11-13,15-20H2,1-6H3,(H,31,42)(H,36,37)(H,38,39). The van der Waals surface area contributed by atoms with Crippen molar-refractivity contribution in [3.63, 3.8) is 0 Å². The number of carbonyl (C=O) groups is 6. The van der Waals surface area contributed by atoms with Crippen LogP contribution in [0, 0.1) is 11.3 Å². The number of hydrogen-bond donors (Lipinski definition) is 3. The predicted molar refractivity (Wildman–Crippen MR) is 161 cm³/mol. The summed E-state index contributed by atoms with van der Waals surface area (Å²) in [5, 5.41) is 21.7. The Morgan fingerprint density at radius 2 is 1.36 bits per heavy atom. The van der Waals surface area contributed by atoms with E-state index in [1.165, 1.54) is 24.0 Å². The second-order valence-corrected chi connectivity index (χ2v) is 11.4. The Hall–Kier alpha value is -3.88. The summed E-state index contributed by atoms with van der Waals surface area (Å²) >= 11 is 0. The molecule has 246 valence electrons. The molecule has 1 atom stereocenters. The van der Waals surface area contributed by atoms with Gasteiger partial charge in [0.15, 0.2) is 0 Å². The van der Waals surface area contributed by atoms with E-state index in [0.717, 1.165) is 5.56 Å². The molecule has 0 aliphatic heterocycles. The molecule has 1 aromatic rings. The molecule has 0 aromatic heterocycles. The Bertz CT molecular complexity index is 1110. The maximum absolute atomic E-state index is 12.8. The minimum atomic E-state index is -1.14. The zero-order chi connectivity index (χ0) is 33.4. The van der Waals surface area contributed by atoms with E-state index in [9.17, 15) is 33.9 Å². The summed E-state index contributed by atoms with van der Waals surface area (Å²) in [6.07, 6.45) is 0.834. The van der Waals surface area contributed by atoms with Gasteiger partial charge in [-0.25, -0.2) is 0 Å². The quantitative estimate of drug-likeness (QED) is 0.130. The van der Waals surface area contributed by atoms with Crippen molar-refractivity contribution in [1.82, 2.24) is 14.7 Å². The van der Waals surface area contributed by atoms with Crippen LogP contribution in [0.5, 0.6) is 0 Å². The number of amides is 1. The van der Waals surface area contributed by atoms with E-state index in [1.807, 2.05) is 27.7 Å². The van der Waals surface area contributed by atoms with Gasteiger partial charge in [0, 0.05) is 36.8 Å². The smallest absolute Gasteiger partial charge is 0.319 e. The maximum atomic E-state index is 12.8. The van der Waals surface area contributed by atoms with Gasteiger partial charge in [-0.3, -0.25) is 38.7 Å². The molecular weight excluding hydrogens is 576 g/mol. The molecule has 1 rings (SSSR count). The molecule has 0 spiro atoms. The zero-order valence-electron chi connectivity index (χ0n) is 26.4. The van der Waals surface area contributed by atoms with Gasteiger partial charge in [0.2, 0.25) is 5.91 Å². The molecule has 0 heterocycles. The average Bonchev–Trinajstić information content (AvgIpc) is 2.95. The summed E-state index contributed by atoms with van der Waals surface area (Å²) in [4.78, 5) is 75.9. The third-order valence-electron chi connectivity index (χ3n) is 7.60. The highest BCUT2D eigenvalue weighted by Gasteiger charge is 2.31. The molecule has 0 fully saturated rings. The number of carboxylic acid groups (broad SMARTS) is 2. The molecule has 0 saturated heterocycles. The first-order valence-electron chi connectivity index (χ1n) is 14.2. The van der Waals surface area contributed by atoms with Gasteiger partial charge in [0.25, 0.3) is 0 Å². The van der Waals surface area contributed by atoms with Crippen LogP contribution < -0.4 is 5.32 Å². The van der Waals surface area contributed by atoms with Crippen LogP contribution in [0.3, 0.4) is 0 Å². The molecule has 0 saturated carbocycles. The average molecular weight is 623 g/mol. The normalized spacial score (nSPS) is 12.3. The van der Waals surface area contributed by atoms with Gasteiger partial charge in [0.05, 0.1) is 46.9 Å². The molecule has 1 amide bonds. The summed E-state index contributed by atoms with van der Waals surface area (Å²) in [6.45, 7) is 6.36. The molecule has 0 radical (unpaired) electrons. The van der Waals surface area contributed by atoms with Gasteiger partial charge >= 0.3 is 23.9 Å². The van der Waals surface area contributed by atoms with Crippen molar-refractivity contribution < 1.29 is 48.5 Å². The number of hydrogen-bond acceptors (Lipinski definition) is 11. The number of esters is 2. The minimum absolute atomic E-state index is 0.0589.